The average molecular weight is 318 g/mol. The summed E-state index contributed by atoms with van der Waals surface area (Å²) in [6.07, 6.45) is 1.58. The fourth-order valence-corrected chi connectivity index (χ4v) is 2.01. The number of nitrogens with two attached hydrogens (primary N) is 1. The highest BCUT2D eigenvalue weighted by Crippen LogP contribution is 2.36. The Morgan fingerprint density at radius 1 is 1.11 bits per heavy atom. The van der Waals surface area contributed by atoms with Crippen LogP contribution in [0.3, 0.4) is 0 Å². The molecule has 1 heterocycles. The zero-order valence-electron chi connectivity index (χ0n) is 10.0. The molecule has 2 aromatic rings. The Labute approximate surface area is 126 Å². The van der Waals surface area contributed by atoms with Crippen LogP contribution < -0.4 is 10.5 Å². The molecule has 6 heteroatoms. The summed E-state index contributed by atoms with van der Waals surface area (Å²) < 4.78 is 5.60. The molecule has 0 aliphatic carbocycles. The Morgan fingerprint density at radius 2 is 1.79 bits per heavy atom. The Morgan fingerprint density at radius 3 is 2.37 bits per heavy atom. The Balaban J connectivity index is 2.24. The van der Waals surface area contributed by atoms with E-state index in [2.05, 4.69) is 4.98 Å². The van der Waals surface area contributed by atoms with Gasteiger partial charge in [-0.05, 0) is 25.1 Å². The second-order valence-electron chi connectivity index (χ2n) is 4.01. The van der Waals surface area contributed by atoms with Crippen molar-refractivity contribution in [2.24, 2.45) is 5.73 Å². The summed E-state index contributed by atoms with van der Waals surface area (Å²) in [7, 11) is 0. The van der Waals surface area contributed by atoms with E-state index in [-0.39, 0.29) is 6.04 Å². The zero-order chi connectivity index (χ0) is 14.0. The molecular weight excluding hydrogens is 307 g/mol. The highest BCUT2D eigenvalue weighted by Gasteiger charge is 2.09. The predicted octanol–water partition coefficient (Wildman–Crippen LogP) is 4.85. The standard InChI is InChI=1S/C13H11Cl3N2O/c1-7(17)12-3-2-8(6-18-12)19-13-5-10(15)9(14)4-11(13)16/h2-7H,17H2,1H3. The fraction of sp³-hybridized carbons (Fsp3) is 0.154. The molecular formula is C13H11Cl3N2O. The van der Waals surface area contributed by atoms with Gasteiger partial charge in [0.25, 0.3) is 0 Å². The molecule has 0 aliphatic rings. The van der Waals surface area contributed by atoms with Gasteiger partial charge in [0.2, 0.25) is 0 Å². The van der Waals surface area contributed by atoms with Gasteiger partial charge < -0.3 is 10.5 Å². The summed E-state index contributed by atoms with van der Waals surface area (Å²) >= 11 is 17.8. The maximum Gasteiger partial charge on any atom is 0.147 e. The largest absolute Gasteiger partial charge is 0.454 e. The van der Waals surface area contributed by atoms with Crippen LogP contribution in [0.25, 0.3) is 0 Å². The molecule has 100 valence electrons. The molecule has 0 aliphatic heterocycles. The van der Waals surface area contributed by atoms with Gasteiger partial charge in [0.05, 0.1) is 27.0 Å². The van der Waals surface area contributed by atoms with E-state index in [1.54, 1.807) is 24.4 Å². The second-order valence-corrected chi connectivity index (χ2v) is 5.23. The van der Waals surface area contributed by atoms with Crippen molar-refractivity contribution < 1.29 is 4.74 Å². The molecule has 0 bridgehead atoms. The molecule has 19 heavy (non-hydrogen) atoms. The molecule has 1 aromatic carbocycles. The monoisotopic (exact) mass is 316 g/mol. The van der Waals surface area contributed by atoms with E-state index < -0.39 is 0 Å². The topological polar surface area (TPSA) is 48.1 Å². The van der Waals surface area contributed by atoms with Gasteiger partial charge in [0, 0.05) is 12.1 Å². The van der Waals surface area contributed by atoms with E-state index in [0.29, 0.717) is 26.6 Å². The highest BCUT2D eigenvalue weighted by atomic mass is 35.5. The van der Waals surface area contributed by atoms with E-state index in [1.807, 2.05) is 6.92 Å². The third kappa shape index (κ3) is 3.51. The lowest BCUT2D eigenvalue weighted by atomic mass is 10.2. The lowest BCUT2D eigenvalue weighted by Crippen LogP contribution is -2.06. The number of hydrogen-bond acceptors (Lipinski definition) is 3. The third-order valence-electron chi connectivity index (χ3n) is 2.43. The van der Waals surface area contributed by atoms with Crippen molar-refractivity contribution in [3.05, 3.63) is 51.2 Å². The van der Waals surface area contributed by atoms with Crippen molar-refractivity contribution in [1.82, 2.24) is 4.98 Å². The molecule has 0 spiro atoms. The molecule has 1 unspecified atom stereocenters. The quantitative estimate of drug-likeness (QED) is 0.823. The first-order valence-corrected chi connectivity index (χ1v) is 6.64. The van der Waals surface area contributed by atoms with Crippen LogP contribution in [0.2, 0.25) is 15.1 Å². The van der Waals surface area contributed by atoms with Crippen molar-refractivity contribution in [2.45, 2.75) is 13.0 Å². The molecule has 3 nitrogen and oxygen atoms in total. The summed E-state index contributed by atoms with van der Waals surface area (Å²) in [5.74, 6) is 0.969. The molecule has 2 rings (SSSR count). The zero-order valence-corrected chi connectivity index (χ0v) is 12.3. The minimum Gasteiger partial charge on any atom is -0.454 e. The highest BCUT2D eigenvalue weighted by molar-refractivity contribution is 6.43. The maximum absolute atomic E-state index is 6.02. The summed E-state index contributed by atoms with van der Waals surface area (Å²) in [5.41, 5.74) is 6.51. The number of aromatic nitrogens is 1. The number of halogens is 3. The Kier molecular flexibility index (Phi) is 4.53. The van der Waals surface area contributed by atoms with Crippen molar-refractivity contribution >= 4 is 34.8 Å². The smallest absolute Gasteiger partial charge is 0.147 e. The van der Waals surface area contributed by atoms with E-state index in [4.69, 9.17) is 45.3 Å². The molecule has 0 radical (unpaired) electrons. The first kappa shape index (κ1) is 14.4. The summed E-state index contributed by atoms with van der Waals surface area (Å²) in [5, 5.41) is 1.14. The van der Waals surface area contributed by atoms with Crippen molar-refractivity contribution in [1.29, 1.82) is 0 Å². The Hall–Kier alpha value is -1.00. The Bertz CT molecular complexity index is 585. The van der Waals surface area contributed by atoms with Crippen LogP contribution >= 0.6 is 34.8 Å². The number of pyridine rings is 1. The molecule has 2 N–H and O–H groups in total. The first-order valence-electron chi connectivity index (χ1n) is 5.51. The van der Waals surface area contributed by atoms with Crippen LogP contribution in [-0.2, 0) is 0 Å². The molecule has 1 aromatic heterocycles. The van der Waals surface area contributed by atoms with Gasteiger partial charge >= 0.3 is 0 Å². The van der Waals surface area contributed by atoms with Crippen LogP contribution in [0.5, 0.6) is 11.5 Å². The van der Waals surface area contributed by atoms with Crippen LogP contribution in [-0.4, -0.2) is 4.98 Å². The first-order chi connectivity index (χ1) is 8.97. The SMILES string of the molecule is CC(N)c1ccc(Oc2cc(Cl)c(Cl)cc2Cl)cn1. The molecule has 0 fully saturated rings. The lowest BCUT2D eigenvalue weighted by Gasteiger charge is -2.10. The molecule has 0 saturated carbocycles. The van der Waals surface area contributed by atoms with E-state index in [9.17, 15) is 0 Å². The van der Waals surface area contributed by atoms with Gasteiger partial charge in [-0.1, -0.05) is 34.8 Å². The second kappa shape index (κ2) is 5.97. The van der Waals surface area contributed by atoms with E-state index >= 15 is 0 Å². The van der Waals surface area contributed by atoms with E-state index in [1.165, 1.54) is 6.07 Å². The normalized spacial score (nSPS) is 12.3. The van der Waals surface area contributed by atoms with Gasteiger partial charge in [-0.3, -0.25) is 4.98 Å². The molecule has 0 amide bonds. The average Bonchev–Trinajstić information content (AvgIpc) is 2.36. The fourth-order valence-electron chi connectivity index (χ4n) is 1.43. The van der Waals surface area contributed by atoms with Gasteiger partial charge in [0.15, 0.2) is 0 Å². The van der Waals surface area contributed by atoms with E-state index in [0.717, 1.165) is 5.69 Å². The predicted molar refractivity (Wildman–Crippen MR) is 78.4 cm³/mol. The number of rotatable bonds is 3. The maximum atomic E-state index is 6.02. The molecule has 1 atom stereocenters. The van der Waals surface area contributed by atoms with Crippen LogP contribution in [0.4, 0.5) is 0 Å². The van der Waals surface area contributed by atoms with Crippen LogP contribution in [0.15, 0.2) is 30.5 Å². The number of nitrogens with zero attached hydrogens (tertiary/aromatic N) is 1. The van der Waals surface area contributed by atoms with Crippen LogP contribution in [0.1, 0.15) is 18.7 Å². The number of ether oxygens (including phenoxy) is 1. The van der Waals surface area contributed by atoms with Gasteiger partial charge in [-0.2, -0.15) is 0 Å². The number of hydrogen-bond donors (Lipinski definition) is 1. The van der Waals surface area contributed by atoms with Crippen molar-refractivity contribution in [3.63, 3.8) is 0 Å². The minimum absolute atomic E-state index is 0.123. The van der Waals surface area contributed by atoms with Gasteiger partial charge in [0.1, 0.15) is 11.5 Å². The van der Waals surface area contributed by atoms with Crippen LogP contribution in [0, 0.1) is 0 Å². The summed E-state index contributed by atoms with van der Waals surface area (Å²) in [4.78, 5) is 4.19. The summed E-state index contributed by atoms with van der Waals surface area (Å²) in [6, 6.07) is 6.54. The van der Waals surface area contributed by atoms with Gasteiger partial charge in [-0.25, -0.2) is 0 Å². The number of benzene rings is 1. The van der Waals surface area contributed by atoms with Gasteiger partial charge in [-0.15, -0.1) is 0 Å². The third-order valence-corrected chi connectivity index (χ3v) is 3.45. The summed E-state index contributed by atoms with van der Waals surface area (Å²) in [6.45, 7) is 1.86. The minimum atomic E-state index is -0.123. The lowest BCUT2D eigenvalue weighted by molar-refractivity contribution is 0.479. The van der Waals surface area contributed by atoms with Crippen molar-refractivity contribution in [3.8, 4) is 11.5 Å². The molecule has 0 saturated heterocycles. The van der Waals surface area contributed by atoms with Crippen molar-refractivity contribution in [2.75, 3.05) is 0 Å².